The van der Waals surface area contributed by atoms with Gasteiger partial charge in [0.05, 0.1) is 0 Å². The summed E-state index contributed by atoms with van der Waals surface area (Å²) in [6.45, 7) is 0. The molecule has 2 heterocycles. The van der Waals surface area contributed by atoms with Crippen LogP contribution < -0.4 is 9.97 Å². The summed E-state index contributed by atoms with van der Waals surface area (Å²) in [5, 5.41) is 0. The summed E-state index contributed by atoms with van der Waals surface area (Å²) in [5.74, 6) is 1.81. The molecule has 1 aliphatic rings. The Morgan fingerprint density at radius 3 is 0.964 bits per heavy atom. The van der Waals surface area contributed by atoms with Crippen molar-refractivity contribution in [1.82, 2.24) is 0 Å². The van der Waals surface area contributed by atoms with Crippen LogP contribution in [-0.4, -0.2) is 0 Å². The van der Waals surface area contributed by atoms with Gasteiger partial charge in [0, 0.05) is 24.3 Å². The lowest BCUT2D eigenvalue weighted by molar-refractivity contribution is -0.378. The maximum atomic E-state index is 3.18. The van der Waals surface area contributed by atoms with Gasteiger partial charge >= 0.3 is 0 Å². The highest BCUT2D eigenvalue weighted by atomic mass is 14.6. The molecule has 0 saturated heterocycles. The second kappa shape index (κ2) is 7.40. The molecule has 1 fully saturated rings. The molecule has 5 rings (SSSR count). The first kappa shape index (κ1) is 16.9. The summed E-state index contributed by atoms with van der Waals surface area (Å²) < 4.78 is 0. The van der Waals surface area contributed by atoms with Crippen LogP contribution in [0.25, 0.3) is 0 Å². The predicted molar refractivity (Wildman–Crippen MR) is 110 cm³/mol. The van der Waals surface area contributed by atoms with E-state index in [1.54, 1.807) is 0 Å². The fraction of sp³-hybridized carbons (Fsp3) is 0.154. The van der Waals surface area contributed by atoms with Gasteiger partial charge in [0.2, 0.25) is 0 Å². The molecule has 0 amide bonds. The molecule has 2 heteroatoms. The molecule has 136 valence electrons. The molecule has 2 N–H and O–H groups in total. The van der Waals surface area contributed by atoms with Crippen LogP contribution in [0.3, 0.4) is 0 Å². The molecule has 2 nitrogen and oxygen atoms in total. The van der Waals surface area contributed by atoms with Crippen LogP contribution in [0.2, 0.25) is 0 Å². The topological polar surface area (TPSA) is 28.3 Å². The summed E-state index contributed by atoms with van der Waals surface area (Å²) >= 11 is 0. The van der Waals surface area contributed by atoms with Crippen LogP contribution in [0.1, 0.15) is 45.9 Å². The zero-order valence-corrected chi connectivity index (χ0v) is 15.7. The third-order valence-corrected chi connectivity index (χ3v) is 6.17. The highest BCUT2D eigenvalue weighted by Crippen LogP contribution is 2.66. The van der Waals surface area contributed by atoms with E-state index in [1.165, 1.54) is 22.3 Å². The molecule has 2 aromatic carbocycles. The Kier molecular flexibility index (Phi) is 4.46. The van der Waals surface area contributed by atoms with E-state index >= 15 is 0 Å². The summed E-state index contributed by atoms with van der Waals surface area (Å²) in [7, 11) is 0. The lowest BCUT2D eigenvalue weighted by Gasteiger charge is -2.53. The molecule has 1 saturated carbocycles. The normalized spacial score (nSPS) is 23.7. The van der Waals surface area contributed by atoms with Gasteiger partial charge in [0.25, 0.3) is 0 Å². The van der Waals surface area contributed by atoms with Gasteiger partial charge in [0.15, 0.2) is 24.8 Å². The number of hydrogen-bond acceptors (Lipinski definition) is 0. The quantitative estimate of drug-likeness (QED) is 0.499. The van der Waals surface area contributed by atoms with E-state index in [1.807, 2.05) is 24.8 Å². The van der Waals surface area contributed by atoms with E-state index in [0.717, 1.165) is 0 Å². The average molecular weight is 364 g/mol. The number of H-pyrrole nitrogens is 2. The Morgan fingerprint density at radius 1 is 0.357 bits per heavy atom. The molecule has 28 heavy (non-hydrogen) atoms. The highest BCUT2D eigenvalue weighted by Gasteiger charge is 2.52. The molecule has 0 spiro atoms. The molecule has 4 aromatic rings. The van der Waals surface area contributed by atoms with Crippen molar-refractivity contribution in [2.45, 2.75) is 23.7 Å². The van der Waals surface area contributed by atoms with Crippen molar-refractivity contribution < 1.29 is 9.97 Å². The number of hydrogen-bond donors (Lipinski definition) is 0. The second-order valence-corrected chi connectivity index (χ2v) is 7.59. The van der Waals surface area contributed by atoms with Crippen LogP contribution in [-0.2, 0) is 0 Å². The van der Waals surface area contributed by atoms with Gasteiger partial charge in [0.1, 0.15) is 0 Å². The number of rotatable bonds is 4. The van der Waals surface area contributed by atoms with Crippen LogP contribution in [0.15, 0.2) is 110 Å². The SMILES string of the molecule is c1ccc(C2C(c3cc[nH+]cc3)C(c3ccccc3)C2c2cc[nH+]cc2)cc1. The maximum Gasteiger partial charge on any atom is 0.167 e. The van der Waals surface area contributed by atoms with Gasteiger partial charge in [-0.05, 0) is 45.9 Å². The number of aromatic amines is 2. The Labute approximate surface area is 165 Å². The first-order chi connectivity index (χ1) is 13.9. The fourth-order valence-corrected chi connectivity index (χ4v) is 5.00. The minimum Gasteiger partial charge on any atom is -0.218 e. The third kappa shape index (κ3) is 2.91. The standard InChI is InChI=1S/C26H22N2/c1-3-7-19(8-4-1)23-25(21-11-15-27-16-12-21)24(20-9-5-2-6-10-20)26(23)22-13-17-28-18-14-22/h1-18,23-26H/p+2. The van der Waals surface area contributed by atoms with Gasteiger partial charge in [-0.1, -0.05) is 60.7 Å². The van der Waals surface area contributed by atoms with Crippen molar-refractivity contribution in [1.29, 1.82) is 0 Å². The molecule has 0 atom stereocenters. The van der Waals surface area contributed by atoms with Crippen molar-refractivity contribution in [3.8, 4) is 0 Å². The smallest absolute Gasteiger partial charge is 0.167 e. The van der Waals surface area contributed by atoms with E-state index in [0.29, 0.717) is 23.7 Å². The summed E-state index contributed by atoms with van der Waals surface area (Å²) in [6.07, 6.45) is 8.18. The third-order valence-electron chi connectivity index (χ3n) is 6.17. The largest absolute Gasteiger partial charge is 0.218 e. The summed E-state index contributed by atoms with van der Waals surface area (Å²) in [5.41, 5.74) is 5.65. The number of aromatic nitrogens is 2. The van der Waals surface area contributed by atoms with E-state index < -0.39 is 0 Å². The van der Waals surface area contributed by atoms with Crippen LogP contribution in [0.4, 0.5) is 0 Å². The second-order valence-electron chi connectivity index (χ2n) is 7.59. The van der Waals surface area contributed by atoms with E-state index in [-0.39, 0.29) is 0 Å². The first-order valence-corrected chi connectivity index (χ1v) is 9.95. The van der Waals surface area contributed by atoms with Crippen LogP contribution >= 0.6 is 0 Å². The minimum atomic E-state index is 0.452. The number of nitrogens with one attached hydrogen (secondary N) is 2. The zero-order chi connectivity index (χ0) is 18.8. The molecule has 0 aliphatic heterocycles. The Balaban J connectivity index is 1.67. The van der Waals surface area contributed by atoms with Gasteiger partial charge in [-0.25, -0.2) is 9.97 Å². The maximum absolute atomic E-state index is 3.18. The molecule has 0 unspecified atom stereocenters. The van der Waals surface area contributed by atoms with E-state index in [4.69, 9.17) is 0 Å². The fourth-order valence-electron chi connectivity index (χ4n) is 5.00. The van der Waals surface area contributed by atoms with Crippen molar-refractivity contribution in [2.75, 3.05) is 0 Å². The highest BCUT2D eigenvalue weighted by molar-refractivity contribution is 5.47. The van der Waals surface area contributed by atoms with Crippen molar-refractivity contribution in [2.24, 2.45) is 0 Å². The number of pyridine rings is 2. The van der Waals surface area contributed by atoms with Crippen LogP contribution in [0, 0.1) is 0 Å². The number of benzene rings is 2. The van der Waals surface area contributed by atoms with Crippen molar-refractivity contribution in [3.05, 3.63) is 132 Å². The molecular weight excluding hydrogens is 340 g/mol. The Hall–Kier alpha value is -3.26. The monoisotopic (exact) mass is 364 g/mol. The van der Waals surface area contributed by atoms with Gasteiger partial charge in [-0.15, -0.1) is 0 Å². The lowest BCUT2D eigenvalue weighted by Crippen LogP contribution is -2.40. The zero-order valence-electron chi connectivity index (χ0n) is 15.7. The average Bonchev–Trinajstić information content (AvgIpc) is 2.76. The first-order valence-electron chi connectivity index (χ1n) is 9.95. The molecule has 0 radical (unpaired) electrons. The molecular formula is C26H24N2+2. The van der Waals surface area contributed by atoms with Crippen LogP contribution in [0.5, 0.6) is 0 Å². The van der Waals surface area contributed by atoms with E-state index in [2.05, 4.69) is 94.9 Å². The Morgan fingerprint density at radius 2 is 0.643 bits per heavy atom. The summed E-state index contributed by atoms with van der Waals surface area (Å²) in [6, 6.07) is 31.0. The van der Waals surface area contributed by atoms with Crippen molar-refractivity contribution >= 4 is 0 Å². The van der Waals surface area contributed by atoms with E-state index in [9.17, 15) is 0 Å². The molecule has 0 bridgehead atoms. The van der Waals surface area contributed by atoms with Gasteiger partial charge < -0.3 is 0 Å². The predicted octanol–water partition coefficient (Wildman–Crippen LogP) is 4.76. The molecule has 2 aromatic heterocycles. The van der Waals surface area contributed by atoms with Gasteiger partial charge in [-0.3, -0.25) is 0 Å². The van der Waals surface area contributed by atoms with Crippen molar-refractivity contribution in [3.63, 3.8) is 0 Å². The Bertz CT molecular complexity index is 835. The molecule has 1 aliphatic carbocycles. The van der Waals surface area contributed by atoms with Gasteiger partial charge in [-0.2, -0.15) is 0 Å². The summed E-state index contributed by atoms with van der Waals surface area (Å²) in [4.78, 5) is 6.37. The lowest BCUT2D eigenvalue weighted by atomic mass is 9.49. The minimum absolute atomic E-state index is 0.452.